The van der Waals surface area contributed by atoms with Gasteiger partial charge < -0.3 is 0 Å². The van der Waals surface area contributed by atoms with Gasteiger partial charge in [-0.1, -0.05) is 0 Å². The van der Waals surface area contributed by atoms with Gasteiger partial charge in [-0.3, -0.25) is 0 Å². The first kappa shape index (κ1) is 13.2. The van der Waals surface area contributed by atoms with Crippen LogP contribution in [0, 0.1) is 5.92 Å². The number of aromatic amines is 1. The number of rotatable bonds is 6. The van der Waals surface area contributed by atoms with Crippen LogP contribution < -0.4 is 8.90 Å². The number of hydrogen-bond donors (Lipinski definition) is 2. The minimum absolute atomic E-state index is 0.335. The van der Waals surface area contributed by atoms with Crippen LogP contribution >= 0.6 is 0 Å². The Balaban J connectivity index is 2.56. The first-order chi connectivity index (χ1) is 7.63. The van der Waals surface area contributed by atoms with E-state index in [1.807, 2.05) is 13.8 Å². The summed E-state index contributed by atoms with van der Waals surface area (Å²) in [5.41, 5.74) is 0. The summed E-state index contributed by atoms with van der Waals surface area (Å²) in [4.78, 5) is 14.5. The molecule has 88 valence electrons. The van der Waals surface area contributed by atoms with E-state index < -0.39 is 28.5 Å². The van der Waals surface area contributed by atoms with E-state index in [0.717, 1.165) is 0 Å². The van der Waals surface area contributed by atoms with Gasteiger partial charge in [0.25, 0.3) is 0 Å². The number of aromatic nitrogens is 1. The van der Waals surface area contributed by atoms with Gasteiger partial charge in [-0.2, -0.15) is 0 Å². The van der Waals surface area contributed by atoms with Gasteiger partial charge in [0.15, 0.2) is 0 Å². The van der Waals surface area contributed by atoms with Crippen LogP contribution in [-0.4, -0.2) is 17.0 Å². The van der Waals surface area contributed by atoms with Gasteiger partial charge in [0.1, 0.15) is 0 Å². The van der Waals surface area contributed by atoms with Gasteiger partial charge in [0.2, 0.25) is 0 Å². The Morgan fingerprint density at radius 3 is 2.88 bits per heavy atom. The zero-order valence-corrected chi connectivity index (χ0v) is 10.7. The molecule has 0 aromatic carbocycles. The number of ether oxygens (including phenoxy) is 1. The van der Waals surface area contributed by atoms with Crippen molar-refractivity contribution in [2.24, 2.45) is 5.92 Å². The van der Waals surface area contributed by atoms with Crippen LogP contribution in [-0.2, 0) is 24.9 Å². The molecule has 1 atom stereocenters. The third kappa shape index (κ3) is 4.30. The molecule has 0 aliphatic heterocycles. The molecule has 2 N–H and O–H groups in total. The molecule has 0 aliphatic rings. The van der Waals surface area contributed by atoms with E-state index in [4.69, 9.17) is 4.74 Å². The van der Waals surface area contributed by atoms with Crippen LogP contribution in [0.1, 0.15) is 20.3 Å². The molecule has 0 aliphatic carbocycles. The summed E-state index contributed by atoms with van der Waals surface area (Å²) in [6, 6.07) is 2.91. The third-order valence-electron chi connectivity index (χ3n) is 1.98. The van der Waals surface area contributed by atoms with Crippen molar-refractivity contribution in [3.63, 3.8) is 0 Å². The molecule has 1 aromatic rings. The molecule has 0 bridgehead atoms. The van der Waals surface area contributed by atoms with Crippen molar-refractivity contribution < 1.29 is 29.7 Å². The van der Waals surface area contributed by atoms with Crippen molar-refractivity contribution in [2.75, 3.05) is 0 Å². The van der Waals surface area contributed by atoms with E-state index in [1.54, 1.807) is 18.3 Å². The van der Waals surface area contributed by atoms with Crippen molar-refractivity contribution in [3.05, 3.63) is 18.3 Å². The number of esters is 1. The maximum atomic E-state index is 11.7. The van der Waals surface area contributed by atoms with E-state index in [-0.39, 0.29) is 0 Å². The average molecular weight is 262 g/mol. The molecule has 0 spiro atoms. The molecule has 1 rings (SSSR count). The van der Waals surface area contributed by atoms with Crippen molar-refractivity contribution in [3.8, 4) is 5.88 Å². The Hall–Kier alpha value is -0.906. The molecule has 6 heteroatoms. The molecule has 0 amide bonds. The fourth-order valence-electron chi connectivity index (χ4n) is 1.29. The fourth-order valence-corrected chi connectivity index (χ4v) is 1.82. The summed E-state index contributed by atoms with van der Waals surface area (Å²) in [7, 11) is 0. The standard InChI is InChI=1S/C10H15N2O2.O.V/c1-7(2)6-8(11)10(13)14-9-4-3-5-12-9;;/h3-5,7-8,11-12H,6H2,1-2H3;;/q-1;;+1/t8-;;/m0../s1. The fraction of sp³-hybridized carbons (Fsp3) is 0.500. The summed E-state index contributed by atoms with van der Waals surface area (Å²) in [6.45, 7) is 4.00. The molecule has 0 saturated heterocycles. The third-order valence-corrected chi connectivity index (χ3v) is 2.63. The van der Waals surface area contributed by atoms with Crippen molar-refractivity contribution >= 4 is 5.97 Å². The van der Waals surface area contributed by atoms with E-state index in [0.29, 0.717) is 18.2 Å². The molecule has 1 heterocycles. The Kier molecular flexibility index (Phi) is 5.45. The number of carbonyl (C=O) groups is 1. The summed E-state index contributed by atoms with van der Waals surface area (Å²) in [5.74, 6) is 0.339. The second kappa shape index (κ2) is 6.63. The monoisotopic (exact) mass is 262 g/mol. The van der Waals surface area contributed by atoms with Gasteiger partial charge in [-0.15, -0.1) is 0 Å². The topological polar surface area (TPSA) is 71.2 Å². The van der Waals surface area contributed by atoms with E-state index in [2.05, 4.69) is 9.15 Å². The van der Waals surface area contributed by atoms with Crippen LogP contribution in [0.5, 0.6) is 5.88 Å². The molecule has 1 aromatic heterocycles. The first-order valence-corrected chi connectivity index (χ1v) is 6.33. The van der Waals surface area contributed by atoms with Gasteiger partial charge in [-0.25, -0.2) is 0 Å². The Morgan fingerprint density at radius 2 is 2.38 bits per heavy atom. The number of carbonyl (C=O) groups excluding carboxylic acids is 1. The van der Waals surface area contributed by atoms with Crippen LogP contribution in [0.25, 0.3) is 0 Å². The molecule has 16 heavy (non-hydrogen) atoms. The van der Waals surface area contributed by atoms with Crippen molar-refractivity contribution in [1.82, 2.24) is 9.15 Å². The zero-order valence-electron chi connectivity index (χ0n) is 9.27. The molecule has 0 radical (unpaired) electrons. The number of hydrogen-bond acceptors (Lipinski definition) is 3. The Morgan fingerprint density at radius 1 is 1.62 bits per heavy atom. The SMILES string of the molecule is CC(C)C[C@H]([NH][V]=[O])C(=O)Oc1ccc[nH]1. The second-order valence-corrected chi connectivity index (χ2v) is 4.55. The van der Waals surface area contributed by atoms with Crippen molar-refractivity contribution in [1.29, 1.82) is 0 Å². The Labute approximate surface area is 101 Å². The first-order valence-electron chi connectivity index (χ1n) is 5.06. The van der Waals surface area contributed by atoms with E-state index in [1.165, 1.54) is 0 Å². The number of H-pyrrole nitrogens is 1. The van der Waals surface area contributed by atoms with Gasteiger partial charge in [-0.05, 0) is 0 Å². The normalized spacial score (nSPS) is 12.4. The maximum absolute atomic E-state index is 11.7. The molecule has 0 saturated carbocycles. The average Bonchev–Trinajstić information content (AvgIpc) is 2.69. The Bertz CT molecular complexity index is 338. The van der Waals surface area contributed by atoms with Crippen LogP contribution in [0.2, 0.25) is 0 Å². The molecule has 5 nitrogen and oxygen atoms in total. The summed E-state index contributed by atoms with van der Waals surface area (Å²) < 4.78 is 18.4. The summed E-state index contributed by atoms with van der Waals surface area (Å²) in [6.07, 6.45) is 2.28. The molecule has 0 unspecified atom stereocenters. The minimum atomic E-state index is -1.24. The molecular weight excluding hydrogens is 247 g/mol. The van der Waals surface area contributed by atoms with E-state index in [9.17, 15) is 8.47 Å². The number of nitrogens with one attached hydrogen (secondary N) is 2. The van der Waals surface area contributed by atoms with Crippen LogP contribution in [0.4, 0.5) is 0 Å². The molecule has 0 fully saturated rings. The van der Waals surface area contributed by atoms with Crippen LogP contribution in [0.15, 0.2) is 18.3 Å². The predicted octanol–water partition coefficient (Wildman–Crippen LogP) is 1.27. The van der Waals surface area contributed by atoms with Crippen LogP contribution in [0.3, 0.4) is 0 Å². The van der Waals surface area contributed by atoms with E-state index >= 15 is 0 Å². The summed E-state index contributed by atoms with van der Waals surface area (Å²) in [5, 5.41) is 0. The quantitative estimate of drug-likeness (QED) is 0.757. The second-order valence-electron chi connectivity index (χ2n) is 3.86. The van der Waals surface area contributed by atoms with Gasteiger partial charge in [0.05, 0.1) is 0 Å². The molecular formula is C10H15N2O3V. The summed E-state index contributed by atoms with van der Waals surface area (Å²) >= 11 is -1.24. The van der Waals surface area contributed by atoms with Gasteiger partial charge >= 0.3 is 101 Å². The zero-order chi connectivity index (χ0) is 12.0. The van der Waals surface area contributed by atoms with Crippen molar-refractivity contribution in [2.45, 2.75) is 26.3 Å². The van der Waals surface area contributed by atoms with Gasteiger partial charge in [0, 0.05) is 0 Å². The predicted molar refractivity (Wildman–Crippen MR) is 53.5 cm³/mol.